The zero-order valence-corrected chi connectivity index (χ0v) is 9.96. The van der Waals surface area contributed by atoms with E-state index in [1.165, 1.54) is 0 Å². The average molecular weight is 261 g/mol. The van der Waals surface area contributed by atoms with Crippen LogP contribution in [0.25, 0.3) is 0 Å². The van der Waals surface area contributed by atoms with Crippen LogP contribution in [0.1, 0.15) is 10.5 Å². The van der Waals surface area contributed by atoms with Gasteiger partial charge in [-0.1, -0.05) is 23.2 Å². The summed E-state index contributed by atoms with van der Waals surface area (Å²) >= 11 is 11.6. The number of hydrogen-bond acceptors (Lipinski definition) is 3. The second-order valence-electron chi connectivity index (χ2n) is 3.37. The Morgan fingerprint density at radius 3 is 2.69 bits per heavy atom. The van der Waals surface area contributed by atoms with Gasteiger partial charge in [0.05, 0.1) is 18.2 Å². The van der Waals surface area contributed by atoms with Gasteiger partial charge in [0.1, 0.15) is 10.8 Å². The van der Waals surface area contributed by atoms with Crippen molar-refractivity contribution in [2.75, 3.05) is 26.3 Å². The highest BCUT2D eigenvalue weighted by Gasteiger charge is 2.22. The molecular formula is C10H10Cl2N2O2. The van der Waals surface area contributed by atoms with Gasteiger partial charge < -0.3 is 9.64 Å². The fourth-order valence-corrected chi connectivity index (χ4v) is 1.82. The molecule has 4 nitrogen and oxygen atoms in total. The van der Waals surface area contributed by atoms with Gasteiger partial charge in [-0.25, -0.2) is 4.98 Å². The number of morpholine rings is 1. The fraction of sp³-hybridized carbons (Fsp3) is 0.400. The molecule has 0 bridgehead atoms. The number of rotatable bonds is 1. The molecule has 1 aromatic rings. The first-order valence-corrected chi connectivity index (χ1v) is 5.63. The van der Waals surface area contributed by atoms with Crippen LogP contribution in [0, 0.1) is 0 Å². The Morgan fingerprint density at radius 2 is 2.00 bits per heavy atom. The van der Waals surface area contributed by atoms with Gasteiger partial charge in [-0.3, -0.25) is 4.79 Å². The third-order valence-electron chi connectivity index (χ3n) is 2.31. The quantitative estimate of drug-likeness (QED) is 0.724. The summed E-state index contributed by atoms with van der Waals surface area (Å²) in [5.74, 6) is -0.198. The molecule has 0 radical (unpaired) electrons. The summed E-state index contributed by atoms with van der Waals surface area (Å²) in [6.45, 7) is 2.21. The number of pyridine rings is 1. The number of carbonyl (C=O) groups excluding carboxylic acids is 1. The maximum absolute atomic E-state index is 12.0. The number of carbonyl (C=O) groups is 1. The molecule has 0 saturated carbocycles. The highest BCUT2D eigenvalue weighted by atomic mass is 35.5. The Kier molecular flexibility index (Phi) is 3.63. The van der Waals surface area contributed by atoms with Crippen molar-refractivity contribution in [2.24, 2.45) is 0 Å². The molecule has 0 spiro atoms. The van der Waals surface area contributed by atoms with Gasteiger partial charge >= 0.3 is 0 Å². The number of nitrogens with zero attached hydrogens (tertiary/aromatic N) is 2. The lowest BCUT2D eigenvalue weighted by molar-refractivity contribution is 0.0299. The van der Waals surface area contributed by atoms with E-state index in [1.54, 1.807) is 17.0 Å². The lowest BCUT2D eigenvalue weighted by atomic mass is 10.3. The molecule has 2 rings (SSSR count). The van der Waals surface area contributed by atoms with Crippen molar-refractivity contribution in [1.29, 1.82) is 0 Å². The summed E-state index contributed by atoms with van der Waals surface area (Å²) < 4.78 is 5.17. The average Bonchev–Trinajstić information content (AvgIpc) is 2.32. The smallest absolute Gasteiger partial charge is 0.274 e. The summed E-state index contributed by atoms with van der Waals surface area (Å²) in [6.07, 6.45) is 0. The number of halogens is 2. The molecule has 1 saturated heterocycles. The Morgan fingerprint density at radius 1 is 1.31 bits per heavy atom. The first kappa shape index (κ1) is 11.6. The molecule has 16 heavy (non-hydrogen) atoms. The fourth-order valence-electron chi connectivity index (χ4n) is 1.48. The molecule has 1 aromatic heterocycles. The van der Waals surface area contributed by atoms with Crippen LogP contribution in [0.4, 0.5) is 0 Å². The van der Waals surface area contributed by atoms with Crippen LogP contribution in [-0.2, 0) is 4.74 Å². The molecule has 0 atom stereocenters. The van der Waals surface area contributed by atoms with E-state index in [0.29, 0.717) is 31.3 Å². The largest absolute Gasteiger partial charge is 0.378 e. The minimum absolute atomic E-state index is 0.198. The van der Waals surface area contributed by atoms with Crippen LogP contribution in [0.2, 0.25) is 10.2 Å². The molecule has 0 aromatic carbocycles. The van der Waals surface area contributed by atoms with Crippen molar-refractivity contribution in [3.8, 4) is 0 Å². The minimum atomic E-state index is -0.198. The summed E-state index contributed by atoms with van der Waals surface area (Å²) in [5, 5.41) is 0.585. The van der Waals surface area contributed by atoms with Gasteiger partial charge in [0.15, 0.2) is 0 Å². The SMILES string of the molecule is O=C(c1nc(Cl)ccc1Cl)N1CCOCC1. The van der Waals surface area contributed by atoms with Gasteiger partial charge in [-0.05, 0) is 12.1 Å². The predicted molar refractivity (Wildman–Crippen MR) is 61.0 cm³/mol. The molecule has 1 aliphatic heterocycles. The first-order chi connectivity index (χ1) is 7.68. The zero-order valence-electron chi connectivity index (χ0n) is 8.45. The highest BCUT2D eigenvalue weighted by Crippen LogP contribution is 2.18. The molecular weight excluding hydrogens is 251 g/mol. The Bertz CT molecular complexity index is 406. The van der Waals surface area contributed by atoms with Crippen molar-refractivity contribution in [2.45, 2.75) is 0 Å². The van der Waals surface area contributed by atoms with Crippen molar-refractivity contribution in [1.82, 2.24) is 9.88 Å². The second kappa shape index (κ2) is 4.99. The van der Waals surface area contributed by atoms with E-state index >= 15 is 0 Å². The minimum Gasteiger partial charge on any atom is -0.378 e. The van der Waals surface area contributed by atoms with Gasteiger partial charge in [0, 0.05) is 13.1 Å². The Balaban J connectivity index is 2.22. The van der Waals surface area contributed by atoms with E-state index in [1.807, 2.05) is 0 Å². The van der Waals surface area contributed by atoms with E-state index in [4.69, 9.17) is 27.9 Å². The van der Waals surface area contributed by atoms with Crippen LogP contribution in [0.5, 0.6) is 0 Å². The van der Waals surface area contributed by atoms with Crippen LogP contribution < -0.4 is 0 Å². The summed E-state index contributed by atoms with van der Waals surface area (Å²) in [4.78, 5) is 17.6. The highest BCUT2D eigenvalue weighted by molar-refractivity contribution is 6.34. The maximum Gasteiger partial charge on any atom is 0.274 e. The number of ether oxygens (including phenoxy) is 1. The molecule has 0 N–H and O–H groups in total. The maximum atomic E-state index is 12.0. The molecule has 6 heteroatoms. The summed E-state index contributed by atoms with van der Waals surface area (Å²) in [7, 11) is 0. The Hall–Kier alpha value is -0.840. The number of amides is 1. The molecule has 1 fully saturated rings. The molecule has 86 valence electrons. The first-order valence-electron chi connectivity index (χ1n) is 4.87. The summed E-state index contributed by atoms with van der Waals surface area (Å²) in [6, 6.07) is 3.13. The van der Waals surface area contributed by atoms with Crippen molar-refractivity contribution in [3.63, 3.8) is 0 Å². The van der Waals surface area contributed by atoms with Crippen molar-refractivity contribution < 1.29 is 9.53 Å². The van der Waals surface area contributed by atoms with Gasteiger partial charge in [-0.15, -0.1) is 0 Å². The van der Waals surface area contributed by atoms with Crippen LogP contribution in [-0.4, -0.2) is 42.1 Å². The molecule has 0 unspecified atom stereocenters. The molecule has 1 aliphatic rings. The second-order valence-corrected chi connectivity index (χ2v) is 4.16. The number of aromatic nitrogens is 1. The van der Waals surface area contributed by atoms with E-state index in [-0.39, 0.29) is 16.8 Å². The third kappa shape index (κ3) is 2.45. The van der Waals surface area contributed by atoms with Crippen LogP contribution in [0.15, 0.2) is 12.1 Å². The van der Waals surface area contributed by atoms with Gasteiger partial charge in [0.2, 0.25) is 0 Å². The third-order valence-corrected chi connectivity index (χ3v) is 2.83. The zero-order chi connectivity index (χ0) is 11.5. The van der Waals surface area contributed by atoms with E-state index in [9.17, 15) is 4.79 Å². The predicted octanol–water partition coefficient (Wildman–Crippen LogP) is 1.86. The van der Waals surface area contributed by atoms with E-state index in [2.05, 4.69) is 4.98 Å². The van der Waals surface area contributed by atoms with E-state index < -0.39 is 0 Å². The van der Waals surface area contributed by atoms with Crippen molar-refractivity contribution in [3.05, 3.63) is 28.0 Å². The Labute approximate surface area is 103 Å². The number of hydrogen-bond donors (Lipinski definition) is 0. The van der Waals surface area contributed by atoms with Gasteiger partial charge in [-0.2, -0.15) is 0 Å². The molecule has 1 amide bonds. The van der Waals surface area contributed by atoms with Crippen molar-refractivity contribution >= 4 is 29.1 Å². The monoisotopic (exact) mass is 260 g/mol. The van der Waals surface area contributed by atoms with E-state index in [0.717, 1.165) is 0 Å². The van der Waals surface area contributed by atoms with Crippen LogP contribution in [0.3, 0.4) is 0 Å². The van der Waals surface area contributed by atoms with Crippen LogP contribution >= 0.6 is 23.2 Å². The topological polar surface area (TPSA) is 42.4 Å². The standard InChI is InChI=1S/C10H10Cl2N2O2/c11-7-1-2-8(12)13-9(7)10(15)14-3-5-16-6-4-14/h1-2H,3-6H2. The molecule has 0 aliphatic carbocycles. The summed E-state index contributed by atoms with van der Waals surface area (Å²) in [5.41, 5.74) is 0.205. The van der Waals surface area contributed by atoms with Gasteiger partial charge in [0.25, 0.3) is 5.91 Å². The lowest BCUT2D eigenvalue weighted by Gasteiger charge is -2.26. The lowest BCUT2D eigenvalue weighted by Crippen LogP contribution is -2.41. The normalized spacial score (nSPS) is 16.2. The molecule has 2 heterocycles.